The zero-order chi connectivity index (χ0) is 19.8. The van der Waals surface area contributed by atoms with E-state index in [-0.39, 0.29) is 5.82 Å². The fraction of sp³-hybridized carbons (Fsp3) is 0.348. The molecule has 29 heavy (non-hydrogen) atoms. The van der Waals surface area contributed by atoms with Gasteiger partial charge in [-0.25, -0.2) is 14.4 Å². The first-order valence-corrected chi connectivity index (χ1v) is 10.2. The maximum absolute atomic E-state index is 13.3. The van der Waals surface area contributed by atoms with Crippen LogP contribution in [0.15, 0.2) is 48.7 Å². The summed E-state index contributed by atoms with van der Waals surface area (Å²) in [4.78, 5) is 18.9. The maximum atomic E-state index is 13.3. The molecule has 0 spiro atoms. The molecule has 5 rings (SSSR count). The van der Waals surface area contributed by atoms with Crippen molar-refractivity contribution in [3.63, 3.8) is 0 Å². The van der Waals surface area contributed by atoms with Crippen LogP contribution in [0.4, 0.5) is 15.9 Å². The number of aromatic nitrogens is 3. The Morgan fingerprint density at radius 2 is 1.93 bits per heavy atom. The number of halogens is 1. The highest BCUT2D eigenvalue weighted by Gasteiger charge is 2.30. The van der Waals surface area contributed by atoms with Crippen LogP contribution in [0.3, 0.4) is 0 Å². The van der Waals surface area contributed by atoms with Crippen molar-refractivity contribution >= 4 is 11.5 Å². The molecule has 1 atom stereocenters. The van der Waals surface area contributed by atoms with Crippen molar-refractivity contribution in [1.29, 1.82) is 0 Å². The molecule has 0 bridgehead atoms. The van der Waals surface area contributed by atoms with E-state index >= 15 is 0 Å². The van der Waals surface area contributed by atoms with Gasteiger partial charge in [0, 0.05) is 49.3 Å². The molecule has 0 radical (unpaired) electrons. The molecule has 1 saturated heterocycles. The highest BCUT2D eigenvalue weighted by molar-refractivity contribution is 5.59. The Kier molecular flexibility index (Phi) is 4.62. The van der Waals surface area contributed by atoms with Gasteiger partial charge in [-0.05, 0) is 62.1 Å². The Morgan fingerprint density at radius 3 is 2.72 bits per heavy atom. The van der Waals surface area contributed by atoms with Gasteiger partial charge >= 0.3 is 0 Å². The van der Waals surface area contributed by atoms with E-state index in [2.05, 4.69) is 21.8 Å². The number of anilines is 2. The Labute approximate surface area is 170 Å². The summed E-state index contributed by atoms with van der Waals surface area (Å²) in [6, 6.07) is 13.0. The molecule has 0 amide bonds. The van der Waals surface area contributed by atoms with Gasteiger partial charge in [0.1, 0.15) is 17.3 Å². The predicted octanol–water partition coefficient (Wildman–Crippen LogP) is 3.88. The number of fused-ring (bicyclic) bond motifs is 1. The monoisotopic (exact) mass is 389 g/mol. The standard InChI is InChI=1S/C23H24FN5/c1-28(18-12-14-29(15-18)17-10-8-16(24)9-11-17)23-19-5-4-7-20(19)26-22(27-23)21-6-2-3-13-25-21/h2-3,6,8-11,13,18H,4-5,7,12,14-15H2,1H3/t18-/m0/s1. The summed E-state index contributed by atoms with van der Waals surface area (Å²) in [5.74, 6) is 1.56. The summed E-state index contributed by atoms with van der Waals surface area (Å²) < 4.78 is 13.3. The molecule has 148 valence electrons. The Morgan fingerprint density at radius 1 is 1.07 bits per heavy atom. The second-order valence-corrected chi connectivity index (χ2v) is 7.84. The molecule has 0 saturated carbocycles. The normalized spacial score (nSPS) is 18.1. The van der Waals surface area contributed by atoms with E-state index in [4.69, 9.17) is 9.97 Å². The number of benzene rings is 1. The second-order valence-electron chi connectivity index (χ2n) is 7.84. The minimum Gasteiger partial charge on any atom is -0.369 e. The van der Waals surface area contributed by atoms with Gasteiger partial charge < -0.3 is 9.80 Å². The summed E-state index contributed by atoms with van der Waals surface area (Å²) >= 11 is 0. The fourth-order valence-corrected chi connectivity index (χ4v) is 4.43. The highest BCUT2D eigenvalue weighted by Crippen LogP contribution is 2.33. The molecule has 5 nitrogen and oxygen atoms in total. The quantitative estimate of drug-likeness (QED) is 0.678. The first-order valence-electron chi connectivity index (χ1n) is 10.2. The summed E-state index contributed by atoms with van der Waals surface area (Å²) in [5.41, 5.74) is 4.34. The molecule has 6 heteroatoms. The van der Waals surface area contributed by atoms with E-state index in [9.17, 15) is 4.39 Å². The number of aryl methyl sites for hydroxylation is 1. The molecular formula is C23H24FN5. The molecule has 2 aliphatic rings. The molecule has 3 heterocycles. The van der Waals surface area contributed by atoms with Crippen LogP contribution in [0, 0.1) is 5.82 Å². The van der Waals surface area contributed by atoms with Crippen molar-refractivity contribution in [2.75, 3.05) is 29.9 Å². The largest absolute Gasteiger partial charge is 0.369 e. The van der Waals surface area contributed by atoms with Gasteiger partial charge in [0.15, 0.2) is 5.82 Å². The summed E-state index contributed by atoms with van der Waals surface area (Å²) in [5, 5.41) is 0. The van der Waals surface area contributed by atoms with Crippen LogP contribution in [-0.2, 0) is 12.8 Å². The van der Waals surface area contributed by atoms with Crippen LogP contribution in [0.5, 0.6) is 0 Å². The van der Waals surface area contributed by atoms with Gasteiger partial charge in [0.05, 0.1) is 0 Å². The minimum absolute atomic E-state index is 0.194. The Balaban J connectivity index is 1.43. The smallest absolute Gasteiger partial charge is 0.180 e. The predicted molar refractivity (Wildman–Crippen MR) is 113 cm³/mol. The summed E-state index contributed by atoms with van der Waals surface area (Å²) in [6.45, 7) is 1.86. The second kappa shape index (κ2) is 7.43. The zero-order valence-electron chi connectivity index (χ0n) is 16.6. The molecule has 0 N–H and O–H groups in total. The molecule has 1 fully saturated rings. The van der Waals surface area contributed by atoms with Gasteiger partial charge in [-0.2, -0.15) is 0 Å². The summed E-state index contributed by atoms with van der Waals surface area (Å²) in [7, 11) is 2.14. The third-order valence-corrected chi connectivity index (χ3v) is 6.04. The lowest BCUT2D eigenvalue weighted by Crippen LogP contribution is -2.36. The van der Waals surface area contributed by atoms with E-state index < -0.39 is 0 Å². The van der Waals surface area contributed by atoms with Crippen LogP contribution in [0.1, 0.15) is 24.1 Å². The van der Waals surface area contributed by atoms with Crippen molar-refractivity contribution in [3.8, 4) is 11.5 Å². The van der Waals surface area contributed by atoms with E-state index in [0.29, 0.717) is 11.9 Å². The van der Waals surface area contributed by atoms with Gasteiger partial charge in [0.2, 0.25) is 0 Å². The van der Waals surface area contributed by atoms with Crippen LogP contribution >= 0.6 is 0 Å². The molecular weight excluding hydrogens is 365 g/mol. The molecule has 1 aromatic carbocycles. The first-order chi connectivity index (χ1) is 14.2. The topological polar surface area (TPSA) is 45.2 Å². The number of nitrogens with zero attached hydrogens (tertiary/aromatic N) is 5. The number of hydrogen-bond acceptors (Lipinski definition) is 5. The zero-order valence-corrected chi connectivity index (χ0v) is 16.6. The highest BCUT2D eigenvalue weighted by atomic mass is 19.1. The van der Waals surface area contributed by atoms with Gasteiger partial charge in [0.25, 0.3) is 0 Å². The minimum atomic E-state index is -0.194. The SMILES string of the molecule is CN(c1nc(-c2ccccn2)nc2c1CCC2)[C@H]1CCN(c2ccc(F)cc2)C1. The van der Waals surface area contributed by atoms with Crippen LogP contribution in [0.2, 0.25) is 0 Å². The number of pyridine rings is 1. The molecule has 2 aromatic heterocycles. The van der Waals surface area contributed by atoms with Crippen LogP contribution in [0.25, 0.3) is 11.5 Å². The Hall–Kier alpha value is -3.02. The van der Waals surface area contributed by atoms with Gasteiger partial charge in [-0.3, -0.25) is 4.98 Å². The third kappa shape index (κ3) is 3.43. The number of rotatable bonds is 4. The van der Waals surface area contributed by atoms with E-state index in [0.717, 1.165) is 61.7 Å². The lowest BCUT2D eigenvalue weighted by atomic mass is 10.1. The van der Waals surface area contributed by atoms with E-state index in [1.54, 1.807) is 6.20 Å². The Bertz CT molecular complexity index is 1010. The first kappa shape index (κ1) is 18.0. The van der Waals surface area contributed by atoms with Gasteiger partial charge in [-0.15, -0.1) is 0 Å². The average molecular weight is 389 g/mol. The third-order valence-electron chi connectivity index (χ3n) is 6.04. The van der Waals surface area contributed by atoms with Crippen LogP contribution < -0.4 is 9.80 Å². The van der Waals surface area contributed by atoms with E-state index in [1.165, 1.54) is 17.7 Å². The van der Waals surface area contributed by atoms with Crippen molar-refractivity contribution in [2.45, 2.75) is 31.7 Å². The van der Waals surface area contributed by atoms with Crippen molar-refractivity contribution in [2.24, 2.45) is 0 Å². The van der Waals surface area contributed by atoms with Crippen molar-refractivity contribution in [3.05, 3.63) is 65.7 Å². The number of likely N-dealkylation sites (N-methyl/N-ethyl adjacent to an activating group) is 1. The molecule has 1 aliphatic carbocycles. The maximum Gasteiger partial charge on any atom is 0.180 e. The fourth-order valence-electron chi connectivity index (χ4n) is 4.43. The van der Waals surface area contributed by atoms with Crippen molar-refractivity contribution < 1.29 is 4.39 Å². The molecule has 3 aromatic rings. The van der Waals surface area contributed by atoms with Crippen LogP contribution in [-0.4, -0.2) is 41.1 Å². The van der Waals surface area contributed by atoms with E-state index in [1.807, 2.05) is 30.3 Å². The number of hydrogen-bond donors (Lipinski definition) is 0. The molecule has 0 unspecified atom stereocenters. The van der Waals surface area contributed by atoms with Crippen molar-refractivity contribution in [1.82, 2.24) is 15.0 Å². The van der Waals surface area contributed by atoms with Gasteiger partial charge in [-0.1, -0.05) is 6.07 Å². The average Bonchev–Trinajstić information content (AvgIpc) is 3.43. The summed E-state index contributed by atoms with van der Waals surface area (Å²) in [6.07, 6.45) is 6.00. The molecule has 1 aliphatic heterocycles. The lowest BCUT2D eigenvalue weighted by molar-refractivity contribution is 0.627. The lowest BCUT2D eigenvalue weighted by Gasteiger charge is -2.28.